The molecular weight excluding hydrogens is 446 g/mol. The summed E-state index contributed by atoms with van der Waals surface area (Å²) >= 11 is 0. The van der Waals surface area contributed by atoms with Gasteiger partial charge in [0, 0.05) is 12.0 Å². The first-order valence-electron chi connectivity index (χ1n) is 12.0. The van der Waals surface area contributed by atoms with Crippen LogP contribution in [0.25, 0.3) is 10.9 Å². The molecule has 0 bridgehead atoms. The number of carbonyl (C=O) groups excluding carboxylic acids is 2. The van der Waals surface area contributed by atoms with Crippen LogP contribution in [-0.2, 0) is 21.7 Å². The Morgan fingerprint density at radius 3 is 2.66 bits per heavy atom. The van der Waals surface area contributed by atoms with E-state index in [2.05, 4.69) is 15.6 Å². The largest absolute Gasteiger partial charge is 0.381 e. The van der Waals surface area contributed by atoms with Gasteiger partial charge in [-0.1, -0.05) is 44.2 Å². The van der Waals surface area contributed by atoms with Gasteiger partial charge in [0.25, 0.3) is 5.56 Å². The monoisotopic (exact) mass is 473 g/mol. The summed E-state index contributed by atoms with van der Waals surface area (Å²) in [6, 6.07) is 12.8. The number of hydrogen-bond donors (Lipinski definition) is 3. The Morgan fingerprint density at radius 1 is 1.11 bits per heavy atom. The summed E-state index contributed by atoms with van der Waals surface area (Å²) in [7, 11) is 0. The predicted octanol–water partition coefficient (Wildman–Crippen LogP) is 1.54. The van der Waals surface area contributed by atoms with Crippen LogP contribution >= 0.6 is 0 Å². The summed E-state index contributed by atoms with van der Waals surface area (Å²) < 4.78 is 1.41. The van der Waals surface area contributed by atoms with Crippen LogP contribution in [0.3, 0.4) is 0 Å². The van der Waals surface area contributed by atoms with E-state index in [0.29, 0.717) is 34.4 Å². The third-order valence-electron chi connectivity index (χ3n) is 7.36. The Balaban J connectivity index is 1.46. The Morgan fingerprint density at radius 2 is 1.86 bits per heavy atom. The first-order valence-corrected chi connectivity index (χ1v) is 12.0. The third-order valence-corrected chi connectivity index (χ3v) is 7.36. The van der Waals surface area contributed by atoms with Crippen molar-refractivity contribution < 1.29 is 14.7 Å². The number of nitrogens with zero attached hydrogens (tertiary/aromatic N) is 3. The molecule has 3 aliphatic heterocycles. The van der Waals surface area contributed by atoms with Gasteiger partial charge in [-0.3, -0.25) is 29.2 Å². The second-order valence-corrected chi connectivity index (χ2v) is 10.1. The summed E-state index contributed by atoms with van der Waals surface area (Å²) in [6.45, 7) is 4.23. The highest BCUT2D eigenvalue weighted by atomic mass is 16.3. The molecule has 180 valence electrons. The second-order valence-electron chi connectivity index (χ2n) is 10.1. The summed E-state index contributed by atoms with van der Waals surface area (Å²) in [5.74, 6) is 0.279. The number of benzene rings is 2. The summed E-state index contributed by atoms with van der Waals surface area (Å²) in [5.41, 5.74) is -0.140. The number of rotatable bonds is 4. The van der Waals surface area contributed by atoms with Crippen molar-refractivity contribution in [1.82, 2.24) is 20.2 Å². The van der Waals surface area contributed by atoms with Crippen molar-refractivity contribution in [2.75, 3.05) is 4.90 Å². The molecular formula is C26H27N5O4. The van der Waals surface area contributed by atoms with E-state index < -0.39 is 23.9 Å². The molecule has 1 saturated heterocycles. The van der Waals surface area contributed by atoms with Crippen LogP contribution in [0.4, 0.5) is 5.69 Å². The first-order chi connectivity index (χ1) is 16.8. The van der Waals surface area contributed by atoms with E-state index in [1.54, 1.807) is 35.2 Å². The molecule has 0 aliphatic carbocycles. The van der Waals surface area contributed by atoms with Gasteiger partial charge < -0.3 is 10.4 Å². The minimum atomic E-state index is -1.58. The Hall–Kier alpha value is -3.56. The van der Waals surface area contributed by atoms with E-state index >= 15 is 0 Å². The number of amides is 2. The van der Waals surface area contributed by atoms with Crippen LogP contribution in [-0.4, -0.2) is 38.7 Å². The molecule has 1 fully saturated rings. The van der Waals surface area contributed by atoms with Gasteiger partial charge in [0.15, 0.2) is 0 Å². The van der Waals surface area contributed by atoms with E-state index in [1.165, 1.54) is 4.57 Å². The van der Waals surface area contributed by atoms with Gasteiger partial charge in [-0.2, -0.15) is 0 Å². The number of nitrogens with one attached hydrogen (secondary N) is 2. The van der Waals surface area contributed by atoms with Crippen molar-refractivity contribution in [3.63, 3.8) is 0 Å². The lowest BCUT2D eigenvalue weighted by atomic mass is 9.85. The zero-order chi connectivity index (χ0) is 24.5. The van der Waals surface area contributed by atoms with Crippen molar-refractivity contribution in [2.24, 2.45) is 5.92 Å². The lowest BCUT2D eigenvalue weighted by molar-refractivity contribution is -0.128. The van der Waals surface area contributed by atoms with Crippen molar-refractivity contribution in [1.29, 1.82) is 0 Å². The quantitative estimate of drug-likeness (QED) is 0.529. The number of anilines is 1. The fourth-order valence-electron chi connectivity index (χ4n) is 5.82. The molecule has 35 heavy (non-hydrogen) atoms. The van der Waals surface area contributed by atoms with Gasteiger partial charge in [0.1, 0.15) is 23.6 Å². The zero-order valence-corrected chi connectivity index (χ0v) is 19.6. The highest BCUT2D eigenvalue weighted by molar-refractivity contribution is 6.02. The minimum Gasteiger partial charge on any atom is -0.381 e. The molecule has 0 spiro atoms. The molecule has 3 N–H and O–H groups in total. The van der Waals surface area contributed by atoms with Crippen LogP contribution in [0.1, 0.15) is 44.1 Å². The summed E-state index contributed by atoms with van der Waals surface area (Å²) in [5, 5.41) is 18.8. The molecule has 4 heterocycles. The van der Waals surface area contributed by atoms with E-state index in [1.807, 2.05) is 32.0 Å². The van der Waals surface area contributed by atoms with Gasteiger partial charge in [-0.25, -0.2) is 4.98 Å². The van der Waals surface area contributed by atoms with Crippen molar-refractivity contribution >= 4 is 28.4 Å². The molecule has 0 saturated carbocycles. The highest BCUT2D eigenvalue weighted by Crippen LogP contribution is 2.49. The SMILES string of the molecule is CC(C)CC1NC2N(C1=O)c1ccccc1C2(O)CC1C(=O)NCc2nc3ccccc3c(=O)n21. The van der Waals surface area contributed by atoms with Gasteiger partial charge in [-0.15, -0.1) is 0 Å². The number of aromatic nitrogens is 2. The predicted molar refractivity (Wildman–Crippen MR) is 129 cm³/mol. The molecule has 2 amide bonds. The van der Waals surface area contributed by atoms with Crippen molar-refractivity contribution in [3.8, 4) is 0 Å². The van der Waals surface area contributed by atoms with Crippen LogP contribution in [0.2, 0.25) is 0 Å². The average molecular weight is 474 g/mol. The van der Waals surface area contributed by atoms with Crippen molar-refractivity contribution in [2.45, 2.75) is 57.1 Å². The van der Waals surface area contributed by atoms with E-state index in [4.69, 9.17) is 0 Å². The molecule has 0 radical (unpaired) electrons. The number of aliphatic hydroxyl groups is 1. The smallest absolute Gasteiger partial charge is 0.262 e. The van der Waals surface area contributed by atoms with Crippen molar-refractivity contribution in [3.05, 3.63) is 70.3 Å². The number of carbonyl (C=O) groups is 2. The molecule has 9 nitrogen and oxygen atoms in total. The molecule has 3 aliphatic rings. The second kappa shape index (κ2) is 7.73. The zero-order valence-electron chi connectivity index (χ0n) is 19.6. The number of hydrogen-bond acceptors (Lipinski definition) is 6. The average Bonchev–Trinajstić information content (AvgIpc) is 3.28. The lowest BCUT2D eigenvalue weighted by Crippen LogP contribution is -2.53. The minimum absolute atomic E-state index is 0.0847. The molecule has 9 heteroatoms. The molecule has 4 unspecified atom stereocenters. The maximum Gasteiger partial charge on any atom is 0.262 e. The van der Waals surface area contributed by atoms with Gasteiger partial charge >= 0.3 is 0 Å². The topological polar surface area (TPSA) is 117 Å². The Labute approximate surface area is 201 Å². The van der Waals surface area contributed by atoms with Crippen LogP contribution in [0, 0.1) is 5.92 Å². The van der Waals surface area contributed by atoms with Crippen LogP contribution < -0.4 is 21.1 Å². The van der Waals surface area contributed by atoms with Gasteiger partial charge in [-0.05, 0) is 30.5 Å². The van der Waals surface area contributed by atoms with Crippen LogP contribution in [0.5, 0.6) is 0 Å². The normalized spacial score (nSPS) is 27.2. The van der Waals surface area contributed by atoms with E-state index in [-0.39, 0.29) is 36.3 Å². The van der Waals surface area contributed by atoms with E-state index in [9.17, 15) is 19.5 Å². The Bertz CT molecular complexity index is 1430. The lowest BCUT2D eigenvalue weighted by Gasteiger charge is -2.36. The molecule has 1 aromatic heterocycles. The fourth-order valence-corrected chi connectivity index (χ4v) is 5.82. The maximum absolute atomic E-state index is 13.5. The fraction of sp³-hybridized carbons (Fsp3) is 0.385. The Kier molecular flexibility index (Phi) is 4.84. The molecule has 3 aromatic rings. The number of para-hydroxylation sites is 2. The van der Waals surface area contributed by atoms with Gasteiger partial charge in [0.05, 0.1) is 29.2 Å². The molecule has 2 aromatic carbocycles. The maximum atomic E-state index is 13.5. The molecule has 4 atom stereocenters. The number of fused-ring (bicyclic) bond motifs is 5. The third kappa shape index (κ3) is 3.15. The standard InChI is InChI=1S/C26H27N5O4/c1-14(2)11-18-24(34)31-19-10-6-4-8-16(19)26(35,25(31)29-18)12-20-22(32)27-13-21-28-17-9-5-3-7-15(17)23(33)30(20)21/h3-10,14,18,20,25,29,35H,11-13H2,1-2H3,(H,27,32). The summed E-state index contributed by atoms with van der Waals surface area (Å²) in [6.07, 6.45) is -0.191. The highest BCUT2D eigenvalue weighted by Gasteiger charge is 2.59. The summed E-state index contributed by atoms with van der Waals surface area (Å²) in [4.78, 5) is 46.2. The van der Waals surface area contributed by atoms with E-state index in [0.717, 1.165) is 0 Å². The van der Waals surface area contributed by atoms with Gasteiger partial charge in [0.2, 0.25) is 11.8 Å². The first kappa shape index (κ1) is 21.9. The molecule has 6 rings (SSSR count). The van der Waals surface area contributed by atoms with Crippen LogP contribution in [0.15, 0.2) is 53.3 Å².